The van der Waals surface area contributed by atoms with Gasteiger partial charge in [0, 0.05) is 33.3 Å². The van der Waals surface area contributed by atoms with Gasteiger partial charge in [0.05, 0.1) is 11.8 Å². The smallest absolute Gasteiger partial charge is 0.142 e. The van der Waals surface area contributed by atoms with Gasteiger partial charge in [-0.1, -0.05) is 6.07 Å². The summed E-state index contributed by atoms with van der Waals surface area (Å²) in [5.41, 5.74) is 2.46. The fourth-order valence-electron chi connectivity index (χ4n) is 2.18. The number of methoxy groups -OCH3 is 1. The normalized spacial score (nSPS) is 17.3. The maximum absolute atomic E-state index is 5.91. The molecule has 0 radical (unpaired) electrons. The summed E-state index contributed by atoms with van der Waals surface area (Å²) in [5, 5.41) is 3.38. The minimum atomic E-state index is 0.108. The van der Waals surface area contributed by atoms with Crippen LogP contribution >= 0.6 is 0 Å². The summed E-state index contributed by atoms with van der Waals surface area (Å²) in [6.07, 6.45) is 0.108. The van der Waals surface area contributed by atoms with Crippen molar-refractivity contribution in [2.75, 3.05) is 44.8 Å². The summed E-state index contributed by atoms with van der Waals surface area (Å²) >= 11 is 0. The van der Waals surface area contributed by atoms with Crippen LogP contribution in [0.5, 0.6) is 5.75 Å². The van der Waals surface area contributed by atoms with E-state index < -0.39 is 0 Å². The molecule has 1 saturated heterocycles. The highest BCUT2D eigenvalue weighted by Crippen LogP contribution is 2.30. The maximum Gasteiger partial charge on any atom is 0.142 e. The lowest BCUT2D eigenvalue weighted by Gasteiger charge is -2.31. The SMILES string of the molecule is COC(C)COc1ccc(C)cc1N1CCNCC1. The second-order valence-corrected chi connectivity index (χ2v) is 5.07. The first-order valence-electron chi connectivity index (χ1n) is 6.92. The quantitative estimate of drug-likeness (QED) is 0.879. The molecule has 1 N–H and O–H groups in total. The fourth-order valence-corrected chi connectivity index (χ4v) is 2.18. The van der Waals surface area contributed by atoms with Gasteiger partial charge in [-0.3, -0.25) is 0 Å². The summed E-state index contributed by atoms with van der Waals surface area (Å²) in [6.45, 7) is 8.83. The van der Waals surface area contributed by atoms with Crippen LogP contribution in [-0.4, -0.2) is 46.0 Å². The van der Waals surface area contributed by atoms with E-state index in [0.29, 0.717) is 6.61 Å². The summed E-state index contributed by atoms with van der Waals surface area (Å²) in [6, 6.07) is 6.37. The number of rotatable bonds is 5. The van der Waals surface area contributed by atoms with Gasteiger partial charge in [-0.15, -0.1) is 0 Å². The van der Waals surface area contributed by atoms with Gasteiger partial charge >= 0.3 is 0 Å². The first kappa shape index (κ1) is 14.2. The Kier molecular flexibility index (Phi) is 5.05. The molecular formula is C15H24N2O2. The van der Waals surface area contributed by atoms with Crippen molar-refractivity contribution in [2.24, 2.45) is 0 Å². The Morgan fingerprint density at radius 1 is 1.32 bits per heavy atom. The van der Waals surface area contributed by atoms with Gasteiger partial charge in [0.25, 0.3) is 0 Å². The molecule has 1 aliphatic heterocycles. The predicted molar refractivity (Wildman–Crippen MR) is 78.2 cm³/mol. The van der Waals surface area contributed by atoms with Gasteiger partial charge in [-0.25, -0.2) is 0 Å². The Bertz CT molecular complexity index is 403. The Morgan fingerprint density at radius 3 is 2.74 bits per heavy atom. The van der Waals surface area contributed by atoms with Gasteiger partial charge < -0.3 is 19.7 Å². The van der Waals surface area contributed by atoms with Crippen molar-refractivity contribution in [3.63, 3.8) is 0 Å². The molecule has 0 saturated carbocycles. The molecule has 0 aromatic heterocycles. The van der Waals surface area contributed by atoms with Crippen LogP contribution in [0.3, 0.4) is 0 Å². The van der Waals surface area contributed by atoms with Crippen LogP contribution in [-0.2, 0) is 4.74 Å². The summed E-state index contributed by atoms with van der Waals surface area (Å²) in [5.74, 6) is 0.955. The Hall–Kier alpha value is -1.26. The van der Waals surface area contributed by atoms with Gasteiger partial charge in [0.1, 0.15) is 12.4 Å². The summed E-state index contributed by atoms with van der Waals surface area (Å²) in [4.78, 5) is 2.39. The van der Waals surface area contributed by atoms with Crippen LogP contribution in [0, 0.1) is 6.92 Å². The number of nitrogens with zero attached hydrogens (tertiary/aromatic N) is 1. The molecule has 106 valence electrons. The number of hydrogen-bond donors (Lipinski definition) is 1. The van der Waals surface area contributed by atoms with E-state index in [1.807, 2.05) is 6.92 Å². The highest BCUT2D eigenvalue weighted by atomic mass is 16.5. The number of nitrogens with one attached hydrogen (secondary N) is 1. The van der Waals surface area contributed by atoms with Crippen molar-refractivity contribution >= 4 is 5.69 Å². The Morgan fingerprint density at radius 2 is 2.05 bits per heavy atom. The van der Waals surface area contributed by atoms with Gasteiger partial charge in [-0.05, 0) is 31.5 Å². The van der Waals surface area contributed by atoms with E-state index in [9.17, 15) is 0 Å². The minimum Gasteiger partial charge on any atom is -0.489 e. The largest absolute Gasteiger partial charge is 0.489 e. The number of benzene rings is 1. The number of piperazine rings is 1. The van der Waals surface area contributed by atoms with E-state index in [1.165, 1.54) is 11.3 Å². The van der Waals surface area contributed by atoms with Crippen molar-refractivity contribution in [1.82, 2.24) is 5.32 Å². The van der Waals surface area contributed by atoms with Crippen LogP contribution in [0.2, 0.25) is 0 Å². The monoisotopic (exact) mass is 264 g/mol. The lowest BCUT2D eigenvalue weighted by atomic mass is 10.1. The molecule has 1 atom stereocenters. The molecule has 0 amide bonds. The lowest BCUT2D eigenvalue weighted by Crippen LogP contribution is -2.43. The van der Waals surface area contributed by atoms with Crippen molar-refractivity contribution < 1.29 is 9.47 Å². The number of aryl methyl sites for hydroxylation is 1. The van der Waals surface area contributed by atoms with Gasteiger partial charge in [0.15, 0.2) is 0 Å². The number of ether oxygens (including phenoxy) is 2. The summed E-state index contributed by atoms with van der Waals surface area (Å²) < 4.78 is 11.1. The first-order chi connectivity index (χ1) is 9.20. The van der Waals surface area contributed by atoms with Crippen molar-refractivity contribution in [2.45, 2.75) is 20.0 Å². The zero-order valence-electron chi connectivity index (χ0n) is 12.1. The van der Waals surface area contributed by atoms with Gasteiger partial charge in [0.2, 0.25) is 0 Å². The van der Waals surface area contributed by atoms with E-state index in [0.717, 1.165) is 31.9 Å². The van der Waals surface area contributed by atoms with E-state index in [4.69, 9.17) is 9.47 Å². The zero-order valence-corrected chi connectivity index (χ0v) is 12.1. The van der Waals surface area contributed by atoms with Crippen LogP contribution in [0.1, 0.15) is 12.5 Å². The van der Waals surface area contributed by atoms with Crippen molar-refractivity contribution in [3.8, 4) is 5.75 Å². The molecule has 0 aliphatic carbocycles. The maximum atomic E-state index is 5.91. The molecule has 0 bridgehead atoms. The van der Waals surface area contributed by atoms with Gasteiger partial charge in [-0.2, -0.15) is 0 Å². The zero-order chi connectivity index (χ0) is 13.7. The molecule has 19 heavy (non-hydrogen) atoms. The lowest BCUT2D eigenvalue weighted by molar-refractivity contribution is 0.0718. The third kappa shape index (κ3) is 3.85. The molecular weight excluding hydrogens is 240 g/mol. The second-order valence-electron chi connectivity index (χ2n) is 5.07. The van der Waals surface area contributed by atoms with E-state index >= 15 is 0 Å². The molecule has 4 nitrogen and oxygen atoms in total. The van der Waals surface area contributed by atoms with Crippen LogP contribution in [0.15, 0.2) is 18.2 Å². The first-order valence-corrected chi connectivity index (χ1v) is 6.92. The Labute approximate surface area is 115 Å². The van der Waals surface area contributed by atoms with E-state index in [2.05, 4.69) is 35.3 Å². The molecule has 1 unspecified atom stereocenters. The topological polar surface area (TPSA) is 33.7 Å². The highest BCUT2D eigenvalue weighted by molar-refractivity contribution is 5.60. The highest BCUT2D eigenvalue weighted by Gasteiger charge is 2.15. The second kappa shape index (κ2) is 6.78. The molecule has 2 rings (SSSR count). The molecule has 1 heterocycles. The van der Waals surface area contributed by atoms with Crippen LogP contribution in [0.25, 0.3) is 0 Å². The average Bonchev–Trinajstić information content (AvgIpc) is 2.46. The summed E-state index contributed by atoms with van der Waals surface area (Å²) in [7, 11) is 1.71. The fraction of sp³-hybridized carbons (Fsp3) is 0.600. The molecule has 1 aromatic rings. The molecule has 1 fully saturated rings. The molecule has 0 spiro atoms. The third-order valence-corrected chi connectivity index (χ3v) is 3.45. The van der Waals surface area contributed by atoms with Crippen LogP contribution in [0.4, 0.5) is 5.69 Å². The van der Waals surface area contributed by atoms with E-state index in [1.54, 1.807) is 7.11 Å². The number of anilines is 1. The van der Waals surface area contributed by atoms with Crippen LogP contribution < -0.4 is 15.0 Å². The standard InChI is InChI=1S/C15H24N2O2/c1-12-4-5-15(19-11-13(2)18-3)14(10-12)17-8-6-16-7-9-17/h4-5,10,13,16H,6-9,11H2,1-3H3. The average molecular weight is 264 g/mol. The Balaban J connectivity index is 2.12. The predicted octanol–water partition coefficient (Wildman–Crippen LogP) is 1.82. The van der Waals surface area contributed by atoms with Crippen molar-refractivity contribution in [3.05, 3.63) is 23.8 Å². The molecule has 1 aliphatic rings. The van der Waals surface area contributed by atoms with E-state index in [-0.39, 0.29) is 6.10 Å². The third-order valence-electron chi connectivity index (χ3n) is 3.45. The molecule has 4 heteroatoms. The van der Waals surface area contributed by atoms with Crippen molar-refractivity contribution in [1.29, 1.82) is 0 Å². The minimum absolute atomic E-state index is 0.108. The number of hydrogen-bond acceptors (Lipinski definition) is 4. The molecule has 1 aromatic carbocycles.